The molecule has 0 saturated carbocycles. The van der Waals surface area contributed by atoms with Crippen molar-refractivity contribution in [2.75, 3.05) is 29.7 Å². The number of rotatable bonds is 6. The Morgan fingerprint density at radius 3 is 2.79 bits per heavy atom. The molecule has 19 heavy (non-hydrogen) atoms. The third-order valence-electron chi connectivity index (χ3n) is 2.43. The van der Waals surface area contributed by atoms with E-state index in [0.717, 1.165) is 0 Å². The predicted molar refractivity (Wildman–Crippen MR) is 78.8 cm³/mol. The second kappa shape index (κ2) is 7.13. The third-order valence-corrected chi connectivity index (χ3v) is 3.39. The highest BCUT2D eigenvalue weighted by atomic mass is 32.2. The number of nitrogens with two attached hydrogens (primary N) is 1. The molecule has 0 heterocycles. The van der Waals surface area contributed by atoms with E-state index in [9.17, 15) is 9.00 Å². The molecule has 0 amide bonds. The van der Waals surface area contributed by atoms with Crippen LogP contribution < -0.4 is 11.1 Å². The van der Waals surface area contributed by atoms with Crippen LogP contribution in [0.1, 0.15) is 24.2 Å². The summed E-state index contributed by atoms with van der Waals surface area (Å²) < 4.78 is 16.2. The summed E-state index contributed by atoms with van der Waals surface area (Å²) in [4.78, 5) is 11.8. The molecule has 0 aromatic heterocycles. The molecule has 6 heteroatoms. The van der Waals surface area contributed by atoms with E-state index in [-0.39, 0.29) is 6.04 Å². The van der Waals surface area contributed by atoms with E-state index >= 15 is 0 Å². The zero-order valence-electron chi connectivity index (χ0n) is 11.4. The number of carbonyl (C=O) groups is 1. The average Bonchev–Trinajstić information content (AvgIpc) is 2.30. The molecule has 1 rings (SSSR count). The third kappa shape index (κ3) is 4.90. The molecule has 0 radical (unpaired) electrons. The monoisotopic (exact) mass is 284 g/mol. The lowest BCUT2D eigenvalue weighted by atomic mass is 10.1. The van der Waals surface area contributed by atoms with E-state index in [4.69, 9.17) is 10.5 Å². The number of carbonyl (C=O) groups excluding carboxylic acids is 1. The van der Waals surface area contributed by atoms with E-state index in [1.165, 1.54) is 0 Å². The molecule has 106 valence electrons. The van der Waals surface area contributed by atoms with Gasteiger partial charge in [0.05, 0.1) is 12.2 Å². The highest BCUT2D eigenvalue weighted by Crippen LogP contribution is 2.21. The second-order valence-electron chi connectivity index (χ2n) is 4.31. The summed E-state index contributed by atoms with van der Waals surface area (Å²) in [5.74, 6) is 0.0919. The van der Waals surface area contributed by atoms with Crippen LogP contribution >= 0.6 is 0 Å². The zero-order chi connectivity index (χ0) is 14.4. The summed E-state index contributed by atoms with van der Waals surface area (Å²) in [5.41, 5.74) is 7.23. The lowest BCUT2D eigenvalue weighted by Gasteiger charge is -2.17. The fourth-order valence-electron chi connectivity index (χ4n) is 1.72. The Hall–Kier alpha value is -1.56. The van der Waals surface area contributed by atoms with Gasteiger partial charge in [-0.15, -0.1) is 0 Å². The fourth-order valence-corrected chi connectivity index (χ4v) is 2.51. The van der Waals surface area contributed by atoms with Gasteiger partial charge in [-0.2, -0.15) is 0 Å². The summed E-state index contributed by atoms with van der Waals surface area (Å²) in [6, 6.07) is 5.01. The average molecular weight is 284 g/mol. The molecule has 2 unspecified atom stereocenters. The molecule has 2 atom stereocenters. The van der Waals surface area contributed by atoms with Gasteiger partial charge in [-0.3, -0.25) is 4.21 Å². The fraction of sp³-hybridized carbons (Fsp3) is 0.462. The zero-order valence-corrected chi connectivity index (χ0v) is 12.3. The van der Waals surface area contributed by atoms with E-state index in [0.29, 0.717) is 29.3 Å². The number of nitrogens with one attached hydrogen (secondary N) is 1. The number of esters is 1. The van der Waals surface area contributed by atoms with E-state index < -0.39 is 16.8 Å². The predicted octanol–water partition coefficient (Wildman–Crippen LogP) is 1.62. The maximum atomic E-state index is 11.8. The van der Waals surface area contributed by atoms with Gasteiger partial charge in [0.2, 0.25) is 0 Å². The van der Waals surface area contributed by atoms with Crippen molar-refractivity contribution in [1.82, 2.24) is 0 Å². The van der Waals surface area contributed by atoms with Crippen LogP contribution in [0, 0.1) is 0 Å². The SMILES string of the molecule is CCOC(=O)c1cc(N)ccc1NC(C)CS(C)=O. The maximum absolute atomic E-state index is 11.8. The van der Waals surface area contributed by atoms with E-state index in [1.807, 2.05) is 6.92 Å². The number of hydrogen-bond acceptors (Lipinski definition) is 5. The van der Waals surface area contributed by atoms with Gasteiger partial charge in [0.25, 0.3) is 0 Å². The summed E-state index contributed by atoms with van der Waals surface area (Å²) in [7, 11) is -0.898. The van der Waals surface area contributed by atoms with Gasteiger partial charge >= 0.3 is 5.97 Å². The smallest absolute Gasteiger partial charge is 0.340 e. The second-order valence-corrected chi connectivity index (χ2v) is 5.79. The molecule has 0 aliphatic rings. The van der Waals surface area contributed by atoms with E-state index in [2.05, 4.69) is 5.32 Å². The number of benzene rings is 1. The van der Waals surface area contributed by atoms with Gasteiger partial charge in [-0.25, -0.2) is 4.79 Å². The van der Waals surface area contributed by atoms with Crippen molar-refractivity contribution in [1.29, 1.82) is 0 Å². The van der Waals surface area contributed by atoms with Crippen LogP contribution in [-0.4, -0.2) is 34.8 Å². The van der Waals surface area contributed by atoms with Crippen molar-refractivity contribution in [3.63, 3.8) is 0 Å². The molecule has 1 aromatic rings. The Morgan fingerprint density at radius 2 is 2.21 bits per heavy atom. The molecule has 0 fully saturated rings. The highest BCUT2D eigenvalue weighted by molar-refractivity contribution is 7.84. The normalized spacial score (nSPS) is 13.6. The van der Waals surface area contributed by atoms with Gasteiger partial charge in [-0.1, -0.05) is 0 Å². The number of anilines is 2. The Labute approximate surface area is 116 Å². The van der Waals surface area contributed by atoms with Crippen molar-refractivity contribution < 1.29 is 13.7 Å². The Balaban J connectivity index is 2.93. The first kappa shape index (κ1) is 15.5. The van der Waals surface area contributed by atoms with Crippen molar-refractivity contribution in [2.24, 2.45) is 0 Å². The van der Waals surface area contributed by atoms with Crippen molar-refractivity contribution >= 4 is 28.1 Å². The van der Waals surface area contributed by atoms with Gasteiger partial charge in [0, 0.05) is 40.2 Å². The highest BCUT2D eigenvalue weighted by Gasteiger charge is 2.15. The van der Waals surface area contributed by atoms with Crippen LogP contribution in [0.3, 0.4) is 0 Å². The van der Waals surface area contributed by atoms with Crippen LogP contribution in [0.5, 0.6) is 0 Å². The standard InChI is InChI=1S/C13H20N2O3S/c1-4-18-13(16)11-7-10(14)5-6-12(11)15-9(2)8-19(3)17/h5-7,9,15H,4,8,14H2,1-3H3. The first-order valence-electron chi connectivity index (χ1n) is 6.07. The molecule has 5 nitrogen and oxygen atoms in total. The summed E-state index contributed by atoms with van der Waals surface area (Å²) in [6.07, 6.45) is 1.65. The molecule has 1 aromatic carbocycles. The summed E-state index contributed by atoms with van der Waals surface area (Å²) in [5, 5.41) is 3.16. The number of nitrogen functional groups attached to an aromatic ring is 1. The van der Waals surface area contributed by atoms with Crippen molar-refractivity contribution in [3.05, 3.63) is 23.8 Å². The molecule has 0 bridgehead atoms. The molecule has 0 saturated heterocycles. The Morgan fingerprint density at radius 1 is 1.53 bits per heavy atom. The number of hydrogen-bond donors (Lipinski definition) is 2. The van der Waals surface area contributed by atoms with Crippen LogP contribution in [0.25, 0.3) is 0 Å². The van der Waals surface area contributed by atoms with Gasteiger partial charge < -0.3 is 15.8 Å². The van der Waals surface area contributed by atoms with Gasteiger partial charge in [-0.05, 0) is 32.0 Å². The minimum absolute atomic E-state index is 0.0114. The molecular weight excluding hydrogens is 264 g/mol. The lowest BCUT2D eigenvalue weighted by Crippen LogP contribution is -2.23. The maximum Gasteiger partial charge on any atom is 0.340 e. The minimum atomic E-state index is -0.898. The van der Waals surface area contributed by atoms with Gasteiger partial charge in [0.15, 0.2) is 0 Å². The van der Waals surface area contributed by atoms with Crippen molar-refractivity contribution in [2.45, 2.75) is 19.9 Å². The number of ether oxygens (including phenoxy) is 1. The molecule has 3 N–H and O–H groups in total. The van der Waals surface area contributed by atoms with Crippen molar-refractivity contribution in [3.8, 4) is 0 Å². The summed E-state index contributed by atoms with van der Waals surface area (Å²) >= 11 is 0. The first-order chi connectivity index (χ1) is 8.93. The van der Waals surface area contributed by atoms with E-state index in [1.54, 1.807) is 31.4 Å². The molecule has 0 aliphatic carbocycles. The molecule has 0 aliphatic heterocycles. The Kier molecular flexibility index (Phi) is 5.82. The van der Waals surface area contributed by atoms with Gasteiger partial charge in [0.1, 0.15) is 0 Å². The Bertz CT molecular complexity index is 477. The van der Waals surface area contributed by atoms with Crippen LogP contribution in [0.15, 0.2) is 18.2 Å². The quantitative estimate of drug-likeness (QED) is 0.613. The molecule has 0 spiro atoms. The van der Waals surface area contributed by atoms with Crippen LogP contribution in [0.4, 0.5) is 11.4 Å². The molecular formula is C13H20N2O3S. The minimum Gasteiger partial charge on any atom is -0.462 e. The summed E-state index contributed by atoms with van der Waals surface area (Å²) in [6.45, 7) is 3.97. The topological polar surface area (TPSA) is 81.4 Å². The largest absolute Gasteiger partial charge is 0.462 e. The first-order valence-corrected chi connectivity index (χ1v) is 7.80. The lowest BCUT2D eigenvalue weighted by molar-refractivity contribution is 0.0527. The van der Waals surface area contributed by atoms with Crippen LogP contribution in [-0.2, 0) is 15.5 Å². The van der Waals surface area contributed by atoms with Crippen LogP contribution in [0.2, 0.25) is 0 Å².